The van der Waals surface area contributed by atoms with Crippen LogP contribution >= 0.6 is 0 Å². The van der Waals surface area contributed by atoms with E-state index in [1.165, 1.54) is 26.5 Å². The monoisotopic (exact) mass is 555 g/mol. The summed E-state index contributed by atoms with van der Waals surface area (Å²) in [6.07, 6.45) is -4.57. The summed E-state index contributed by atoms with van der Waals surface area (Å²) >= 11 is 0. The molecule has 0 radical (unpaired) electrons. The van der Waals surface area contributed by atoms with Crippen molar-refractivity contribution >= 4 is 18.0 Å². The van der Waals surface area contributed by atoms with Crippen molar-refractivity contribution in [2.24, 2.45) is 0 Å². The summed E-state index contributed by atoms with van der Waals surface area (Å²) in [6, 6.07) is 1.76. The summed E-state index contributed by atoms with van der Waals surface area (Å²) in [5.41, 5.74) is 0.0334. The standard InChI is InChI=1S/C24H26F5N7O3/c25-16-3-1-2-15(20(16)26)13-4-5-17(21-33-32-18(36(21)11-13)10-24(27,28)29)30-22(38)34-8-6-14(7-9-34)35-12-19(37)31-23(35)39/h1-3,13-14,17H,4-12H2,(H,30,38)(H,31,37,39)/t13-,17-/m1/s1. The normalized spacial score (nSPS) is 22.5. The van der Waals surface area contributed by atoms with Crippen LogP contribution in [0.2, 0.25) is 0 Å². The minimum atomic E-state index is -4.57. The van der Waals surface area contributed by atoms with Crippen LogP contribution in [-0.2, 0) is 17.8 Å². The van der Waals surface area contributed by atoms with Gasteiger partial charge in [-0.25, -0.2) is 18.4 Å². The molecular formula is C24H26F5N7O3. The molecule has 0 saturated carbocycles. The Morgan fingerprint density at radius 2 is 1.82 bits per heavy atom. The Kier molecular flexibility index (Phi) is 7.16. The largest absolute Gasteiger partial charge is 0.396 e. The molecule has 210 valence electrons. The van der Waals surface area contributed by atoms with E-state index in [0.717, 1.165) is 6.07 Å². The zero-order valence-electron chi connectivity index (χ0n) is 20.7. The molecule has 0 aliphatic carbocycles. The molecule has 2 N–H and O–H groups in total. The number of fused-ring (bicyclic) bond motifs is 1. The Morgan fingerprint density at radius 1 is 1.08 bits per heavy atom. The molecule has 5 rings (SSSR count). The second-order valence-electron chi connectivity index (χ2n) is 10.00. The van der Waals surface area contributed by atoms with Gasteiger partial charge >= 0.3 is 18.2 Å². The van der Waals surface area contributed by atoms with E-state index < -0.39 is 48.3 Å². The number of alkyl halides is 3. The molecule has 10 nitrogen and oxygen atoms in total. The number of carbonyl (C=O) groups excluding carboxylic acids is 3. The number of carbonyl (C=O) groups is 3. The van der Waals surface area contributed by atoms with Crippen molar-refractivity contribution in [3.63, 3.8) is 0 Å². The second-order valence-corrected chi connectivity index (χ2v) is 10.00. The number of nitrogens with one attached hydrogen (secondary N) is 2. The molecular weight excluding hydrogens is 529 g/mol. The molecule has 1 aromatic heterocycles. The van der Waals surface area contributed by atoms with Crippen molar-refractivity contribution in [2.45, 2.75) is 62.8 Å². The number of benzene rings is 1. The molecule has 15 heteroatoms. The van der Waals surface area contributed by atoms with Crippen LogP contribution in [0.15, 0.2) is 18.2 Å². The zero-order chi connectivity index (χ0) is 27.9. The Balaban J connectivity index is 1.32. The number of nitrogens with zero attached hydrogens (tertiary/aromatic N) is 5. The highest BCUT2D eigenvalue weighted by Gasteiger charge is 2.38. The van der Waals surface area contributed by atoms with Crippen molar-refractivity contribution < 1.29 is 36.3 Å². The molecule has 0 unspecified atom stereocenters. The third-order valence-corrected chi connectivity index (χ3v) is 7.47. The van der Waals surface area contributed by atoms with E-state index in [4.69, 9.17) is 0 Å². The highest BCUT2D eigenvalue weighted by atomic mass is 19.4. The molecule has 0 spiro atoms. The van der Waals surface area contributed by atoms with E-state index >= 15 is 0 Å². The first-order valence-corrected chi connectivity index (χ1v) is 12.6. The van der Waals surface area contributed by atoms with Gasteiger partial charge in [0.2, 0.25) is 5.91 Å². The number of hydrogen-bond acceptors (Lipinski definition) is 5. The lowest BCUT2D eigenvalue weighted by atomic mass is 9.93. The van der Waals surface area contributed by atoms with E-state index in [9.17, 15) is 36.3 Å². The number of imide groups is 1. The van der Waals surface area contributed by atoms with Crippen LogP contribution < -0.4 is 10.6 Å². The Hall–Kier alpha value is -3.78. The number of hydrogen-bond donors (Lipinski definition) is 2. The Labute approximate surface area is 219 Å². The SMILES string of the molecule is O=C1CN(C2CCN(C(=O)N[C@@H]3CC[C@@H](c4cccc(F)c4F)Cn4c(CC(F)(F)F)nnc43)CC2)C(=O)N1. The first kappa shape index (κ1) is 26.8. The van der Waals surface area contributed by atoms with Gasteiger partial charge in [-0.3, -0.25) is 10.1 Å². The van der Waals surface area contributed by atoms with Gasteiger partial charge in [0.15, 0.2) is 17.5 Å². The van der Waals surface area contributed by atoms with Crippen LogP contribution in [0.4, 0.5) is 31.5 Å². The third-order valence-electron chi connectivity index (χ3n) is 7.47. The van der Waals surface area contributed by atoms with Gasteiger partial charge < -0.3 is 19.7 Å². The lowest BCUT2D eigenvalue weighted by Crippen LogP contribution is -2.50. The van der Waals surface area contributed by atoms with E-state index in [2.05, 4.69) is 20.8 Å². The summed E-state index contributed by atoms with van der Waals surface area (Å²) < 4.78 is 69.6. The molecule has 3 aliphatic rings. The van der Waals surface area contributed by atoms with Crippen LogP contribution in [0.25, 0.3) is 0 Å². The number of amides is 5. The Bertz CT molecular complexity index is 1280. The first-order chi connectivity index (χ1) is 18.5. The van der Waals surface area contributed by atoms with Gasteiger partial charge in [-0.2, -0.15) is 13.2 Å². The van der Waals surface area contributed by atoms with Gasteiger partial charge in [0, 0.05) is 31.6 Å². The number of likely N-dealkylation sites (tertiary alicyclic amines) is 1. The van der Waals surface area contributed by atoms with Gasteiger partial charge in [0.25, 0.3) is 0 Å². The van der Waals surface area contributed by atoms with E-state index in [1.807, 2.05) is 0 Å². The van der Waals surface area contributed by atoms with Crippen molar-refractivity contribution in [3.05, 3.63) is 47.0 Å². The number of piperidine rings is 1. The quantitative estimate of drug-likeness (QED) is 0.445. The lowest BCUT2D eigenvalue weighted by molar-refractivity contribution is -0.129. The summed E-state index contributed by atoms with van der Waals surface area (Å²) in [6.45, 7) is 0.456. The van der Waals surface area contributed by atoms with Crippen molar-refractivity contribution in [3.8, 4) is 0 Å². The molecule has 4 heterocycles. The van der Waals surface area contributed by atoms with E-state index in [0.29, 0.717) is 25.9 Å². The number of urea groups is 2. The molecule has 2 saturated heterocycles. The van der Waals surface area contributed by atoms with Crippen LogP contribution in [0, 0.1) is 11.6 Å². The summed E-state index contributed by atoms with van der Waals surface area (Å²) in [4.78, 5) is 39.5. The van der Waals surface area contributed by atoms with Gasteiger partial charge in [0.1, 0.15) is 18.8 Å². The van der Waals surface area contributed by atoms with Crippen molar-refractivity contribution in [2.75, 3.05) is 19.6 Å². The second kappa shape index (κ2) is 10.4. The van der Waals surface area contributed by atoms with Crippen LogP contribution in [-0.4, -0.2) is 74.4 Å². The fraction of sp³-hybridized carbons (Fsp3) is 0.542. The molecule has 2 atom stereocenters. The topological polar surface area (TPSA) is 112 Å². The van der Waals surface area contributed by atoms with Gasteiger partial charge in [-0.1, -0.05) is 12.1 Å². The maximum atomic E-state index is 14.6. The average molecular weight is 556 g/mol. The molecule has 2 fully saturated rings. The average Bonchev–Trinajstić information content (AvgIpc) is 3.36. The van der Waals surface area contributed by atoms with E-state index in [-0.39, 0.29) is 55.1 Å². The molecule has 2 aromatic rings. The summed E-state index contributed by atoms with van der Waals surface area (Å²) in [5.74, 6) is -3.43. The lowest BCUT2D eigenvalue weighted by Gasteiger charge is -2.36. The van der Waals surface area contributed by atoms with Crippen LogP contribution in [0.1, 0.15) is 54.9 Å². The van der Waals surface area contributed by atoms with Crippen LogP contribution in [0.3, 0.4) is 0 Å². The molecule has 3 aliphatic heterocycles. The highest BCUT2D eigenvalue weighted by molar-refractivity contribution is 6.02. The van der Waals surface area contributed by atoms with Gasteiger partial charge in [-0.15, -0.1) is 10.2 Å². The third kappa shape index (κ3) is 5.66. The van der Waals surface area contributed by atoms with E-state index in [1.54, 1.807) is 0 Å². The first-order valence-electron chi connectivity index (χ1n) is 12.6. The predicted octanol–water partition coefficient (Wildman–Crippen LogP) is 3.01. The number of halogens is 5. The molecule has 5 amide bonds. The highest BCUT2D eigenvalue weighted by Crippen LogP contribution is 2.35. The number of rotatable bonds is 4. The molecule has 39 heavy (non-hydrogen) atoms. The summed E-state index contributed by atoms with van der Waals surface area (Å²) in [7, 11) is 0. The predicted molar refractivity (Wildman–Crippen MR) is 124 cm³/mol. The maximum absolute atomic E-state index is 14.6. The fourth-order valence-electron chi connectivity index (χ4n) is 5.52. The molecule has 1 aromatic carbocycles. The van der Waals surface area contributed by atoms with Crippen LogP contribution in [0.5, 0.6) is 0 Å². The fourth-order valence-corrected chi connectivity index (χ4v) is 5.52. The van der Waals surface area contributed by atoms with Crippen molar-refractivity contribution in [1.29, 1.82) is 0 Å². The smallest absolute Gasteiger partial charge is 0.328 e. The van der Waals surface area contributed by atoms with Crippen molar-refractivity contribution in [1.82, 2.24) is 35.2 Å². The minimum Gasteiger partial charge on any atom is -0.328 e. The van der Waals surface area contributed by atoms with Gasteiger partial charge in [0.05, 0.1) is 6.04 Å². The Morgan fingerprint density at radius 3 is 2.49 bits per heavy atom. The molecule has 0 bridgehead atoms. The minimum absolute atomic E-state index is 0.0270. The van der Waals surface area contributed by atoms with Gasteiger partial charge in [-0.05, 0) is 37.3 Å². The summed E-state index contributed by atoms with van der Waals surface area (Å²) in [5, 5.41) is 12.7. The number of aromatic nitrogens is 3. The maximum Gasteiger partial charge on any atom is 0.396 e. The zero-order valence-corrected chi connectivity index (χ0v) is 20.7.